The smallest absolute Gasteiger partial charge is 0.306 e. The van der Waals surface area contributed by atoms with Gasteiger partial charge >= 0.3 is 17.9 Å². The molecular weight excluding hydrogens is 961 g/mol. The van der Waals surface area contributed by atoms with E-state index in [2.05, 4.69) is 142 Å². The molecule has 0 aliphatic rings. The lowest BCUT2D eigenvalue weighted by Gasteiger charge is -2.18. The highest BCUT2D eigenvalue weighted by atomic mass is 16.6. The van der Waals surface area contributed by atoms with Gasteiger partial charge in [-0.15, -0.1) is 0 Å². The maximum absolute atomic E-state index is 12.9. The number of esters is 3. The van der Waals surface area contributed by atoms with E-state index in [1.807, 2.05) is 0 Å². The summed E-state index contributed by atoms with van der Waals surface area (Å²) in [6.07, 6.45) is 90.5. The molecule has 0 saturated heterocycles. The van der Waals surface area contributed by atoms with Gasteiger partial charge in [-0.2, -0.15) is 0 Å². The molecule has 0 fully saturated rings. The molecule has 0 aliphatic carbocycles. The average molecular weight is 1080 g/mol. The fourth-order valence-electron chi connectivity index (χ4n) is 8.91. The lowest BCUT2D eigenvalue weighted by atomic mass is 10.0. The number of carbonyl (C=O) groups is 3. The predicted molar refractivity (Wildman–Crippen MR) is 339 cm³/mol. The summed E-state index contributed by atoms with van der Waals surface area (Å²) in [6.45, 7) is 6.42. The molecule has 0 amide bonds. The number of allylic oxidation sites excluding steroid dienone is 20. The lowest BCUT2D eigenvalue weighted by Crippen LogP contribution is -2.30. The predicted octanol–water partition coefficient (Wildman–Crippen LogP) is 22.4. The molecule has 1 unspecified atom stereocenters. The zero-order valence-electron chi connectivity index (χ0n) is 50.9. The molecule has 0 saturated carbocycles. The Morgan fingerprint density at radius 1 is 0.269 bits per heavy atom. The molecule has 0 spiro atoms. The molecule has 0 aliphatic heterocycles. The molecule has 0 bridgehead atoms. The molecule has 0 radical (unpaired) electrons. The van der Waals surface area contributed by atoms with Gasteiger partial charge in [-0.25, -0.2) is 0 Å². The summed E-state index contributed by atoms with van der Waals surface area (Å²) in [5.41, 5.74) is 0. The van der Waals surface area contributed by atoms with Crippen molar-refractivity contribution in [3.05, 3.63) is 122 Å². The normalized spacial score (nSPS) is 12.9. The zero-order chi connectivity index (χ0) is 56.4. The second-order valence-electron chi connectivity index (χ2n) is 21.3. The number of ether oxygens (including phenoxy) is 3. The van der Waals surface area contributed by atoms with Crippen LogP contribution in [0.4, 0.5) is 0 Å². The van der Waals surface area contributed by atoms with E-state index < -0.39 is 6.10 Å². The van der Waals surface area contributed by atoms with Gasteiger partial charge in [-0.1, -0.05) is 290 Å². The van der Waals surface area contributed by atoms with Gasteiger partial charge < -0.3 is 14.2 Å². The maximum atomic E-state index is 12.9. The first kappa shape index (κ1) is 73.8. The summed E-state index contributed by atoms with van der Waals surface area (Å²) in [7, 11) is 0. The Morgan fingerprint density at radius 3 is 0.782 bits per heavy atom. The summed E-state index contributed by atoms with van der Waals surface area (Å²) >= 11 is 0. The average Bonchev–Trinajstić information content (AvgIpc) is 3.44. The first-order valence-corrected chi connectivity index (χ1v) is 32.5. The van der Waals surface area contributed by atoms with E-state index in [-0.39, 0.29) is 31.1 Å². The Balaban J connectivity index is 4.38. The molecular formula is C72H120O6. The van der Waals surface area contributed by atoms with Crippen LogP contribution in [0.2, 0.25) is 0 Å². The Hall–Kier alpha value is -4.19. The van der Waals surface area contributed by atoms with Crippen LogP contribution in [0, 0.1) is 0 Å². The van der Waals surface area contributed by atoms with Crippen LogP contribution in [0.5, 0.6) is 0 Å². The number of hydrogen-bond donors (Lipinski definition) is 0. The van der Waals surface area contributed by atoms with E-state index >= 15 is 0 Å². The van der Waals surface area contributed by atoms with Crippen LogP contribution in [-0.2, 0) is 28.6 Å². The van der Waals surface area contributed by atoms with Gasteiger partial charge in [0, 0.05) is 19.3 Å². The topological polar surface area (TPSA) is 78.9 Å². The molecule has 0 N–H and O–H groups in total. The fraction of sp³-hybridized carbons (Fsp3) is 0.681. The Labute approximate surface area is 482 Å². The van der Waals surface area contributed by atoms with Gasteiger partial charge in [0.2, 0.25) is 0 Å². The highest BCUT2D eigenvalue weighted by Crippen LogP contribution is 2.16. The van der Waals surface area contributed by atoms with E-state index in [0.29, 0.717) is 19.3 Å². The third kappa shape index (κ3) is 62.7. The van der Waals surface area contributed by atoms with Crippen LogP contribution < -0.4 is 0 Å². The quantitative estimate of drug-likeness (QED) is 0.0261. The molecule has 444 valence electrons. The van der Waals surface area contributed by atoms with Gasteiger partial charge in [-0.05, 0) is 109 Å². The van der Waals surface area contributed by atoms with Crippen molar-refractivity contribution in [2.45, 2.75) is 303 Å². The number of carbonyl (C=O) groups excluding carboxylic acids is 3. The largest absolute Gasteiger partial charge is 0.462 e. The van der Waals surface area contributed by atoms with E-state index in [9.17, 15) is 14.4 Å². The fourth-order valence-corrected chi connectivity index (χ4v) is 8.91. The molecule has 0 rings (SSSR count). The van der Waals surface area contributed by atoms with E-state index in [1.165, 1.54) is 116 Å². The van der Waals surface area contributed by atoms with Crippen LogP contribution >= 0.6 is 0 Å². The second kappa shape index (κ2) is 65.3. The number of hydrogen-bond acceptors (Lipinski definition) is 6. The highest BCUT2D eigenvalue weighted by Gasteiger charge is 2.19. The highest BCUT2D eigenvalue weighted by molar-refractivity contribution is 5.71. The molecule has 0 aromatic heterocycles. The van der Waals surface area contributed by atoms with Crippen LogP contribution in [0.3, 0.4) is 0 Å². The van der Waals surface area contributed by atoms with Gasteiger partial charge in [0.1, 0.15) is 13.2 Å². The van der Waals surface area contributed by atoms with E-state index in [4.69, 9.17) is 14.2 Å². The third-order valence-electron chi connectivity index (χ3n) is 13.7. The summed E-state index contributed by atoms with van der Waals surface area (Å²) < 4.78 is 16.9. The Bertz CT molecular complexity index is 1620. The summed E-state index contributed by atoms with van der Waals surface area (Å²) in [5.74, 6) is -0.901. The molecule has 0 aromatic carbocycles. The number of unbranched alkanes of at least 4 members (excludes halogenated alkanes) is 27. The first-order valence-electron chi connectivity index (χ1n) is 32.5. The van der Waals surface area contributed by atoms with Crippen molar-refractivity contribution in [1.29, 1.82) is 0 Å². The minimum atomic E-state index is -0.792. The maximum Gasteiger partial charge on any atom is 0.306 e. The molecule has 1 atom stereocenters. The van der Waals surface area contributed by atoms with E-state index in [1.54, 1.807) is 0 Å². The number of rotatable bonds is 58. The van der Waals surface area contributed by atoms with Crippen LogP contribution in [0.25, 0.3) is 0 Å². The molecule has 6 nitrogen and oxygen atoms in total. The summed E-state index contributed by atoms with van der Waals surface area (Å²) in [5, 5.41) is 0. The molecule has 0 aromatic rings. The standard InChI is InChI=1S/C72H120O6/c1-4-7-10-13-16-19-22-25-28-30-32-33-34-35-36-37-38-39-41-42-44-47-50-53-56-59-62-65-71(74)77-68-69(67-76-70(73)64-61-58-55-52-49-46-27-24-21-18-15-12-9-6-3)78-72(75)66-63-60-57-54-51-48-45-43-40-31-29-26-23-20-17-14-11-8-5-2/h7-8,10-11,16-17,19-20,25-26,28-29,32-33,35-36,38-40,43,69H,4-6,9,12-15,18,21-24,27,30-31,34,37,41-42,44-68H2,1-3H3/b10-7-,11-8-,19-16-,20-17-,28-25-,29-26-,33-32-,36-35-,39-38-,43-40-. The monoisotopic (exact) mass is 1080 g/mol. The van der Waals surface area contributed by atoms with Crippen LogP contribution in [0.1, 0.15) is 297 Å². The Morgan fingerprint density at radius 2 is 0.500 bits per heavy atom. The third-order valence-corrected chi connectivity index (χ3v) is 13.7. The molecule has 78 heavy (non-hydrogen) atoms. The minimum absolute atomic E-state index is 0.0862. The SMILES string of the molecule is CC/C=C\C/C=C\C/C=C\C/C=C\C/C=C\C/C=C\CCCCCCCCCCC(=O)OCC(COC(=O)CCCCCCCCCCCCCCCC)OC(=O)CCCCCCCC/C=C\C/C=C\C/C=C\C/C=C\CC. The van der Waals surface area contributed by atoms with Crippen molar-refractivity contribution >= 4 is 17.9 Å². The van der Waals surface area contributed by atoms with Crippen molar-refractivity contribution in [3.8, 4) is 0 Å². The lowest BCUT2D eigenvalue weighted by molar-refractivity contribution is -0.167. The van der Waals surface area contributed by atoms with Gasteiger partial charge in [0.05, 0.1) is 0 Å². The molecule has 0 heterocycles. The van der Waals surface area contributed by atoms with Crippen molar-refractivity contribution in [2.24, 2.45) is 0 Å². The van der Waals surface area contributed by atoms with Gasteiger partial charge in [0.15, 0.2) is 6.10 Å². The summed E-state index contributed by atoms with van der Waals surface area (Å²) in [6, 6.07) is 0. The van der Waals surface area contributed by atoms with Crippen molar-refractivity contribution in [3.63, 3.8) is 0 Å². The van der Waals surface area contributed by atoms with Crippen molar-refractivity contribution in [1.82, 2.24) is 0 Å². The molecule has 6 heteroatoms. The van der Waals surface area contributed by atoms with Gasteiger partial charge in [0.25, 0.3) is 0 Å². The van der Waals surface area contributed by atoms with Crippen molar-refractivity contribution in [2.75, 3.05) is 13.2 Å². The van der Waals surface area contributed by atoms with E-state index in [0.717, 1.165) is 141 Å². The summed E-state index contributed by atoms with van der Waals surface area (Å²) in [4.78, 5) is 38.4. The second-order valence-corrected chi connectivity index (χ2v) is 21.3. The minimum Gasteiger partial charge on any atom is -0.462 e. The Kier molecular flexibility index (Phi) is 61.8. The first-order chi connectivity index (χ1) is 38.5. The van der Waals surface area contributed by atoms with Crippen molar-refractivity contribution < 1.29 is 28.6 Å². The zero-order valence-corrected chi connectivity index (χ0v) is 50.9. The van der Waals surface area contributed by atoms with Crippen LogP contribution in [-0.4, -0.2) is 37.2 Å². The van der Waals surface area contributed by atoms with Gasteiger partial charge in [-0.3, -0.25) is 14.4 Å². The van der Waals surface area contributed by atoms with Crippen LogP contribution in [0.15, 0.2) is 122 Å².